The molecular formula is C17H28N2O4. The van der Waals surface area contributed by atoms with E-state index in [9.17, 15) is 19.5 Å². The zero-order valence-corrected chi connectivity index (χ0v) is 14.1. The highest BCUT2D eigenvalue weighted by Gasteiger charge is 2.42. The Kier molecular flexibility index (Phi) is 5.65. The Bertz CT molecular complexity index is 461. The number of carboxylic acids is 1. The van der Waals surface area contributed by atoms with Crippen LogP contribution in [-0.2, 0) is 14.4 Å². The highest BCUT2D eigenvalue weighted by molar-refractivity contribution is 5.88. The van der Waals surface area contributed by atoms with Gasteiger partial charge < -0.3 is 15.3 Å². The first kappa shape index (κ1) is 17.8. The molecule has 23 heavy (non-hydrogen) atoms. The molecule has 2 fully saturated rings. The van der Waals surface area contributed by atoms with E-state index in [1.807, 2.05) is 18.7 Å². The molecule has 0 radical (unpaired) electrons. The molecule has 2 amide bonds. The molecule has 2 N–H and O–H groups in total. The summed E-state index contributed by atoms with van der Waals surface area (Å²) in [6, 6.07) is 0. The molecule has 0 aromatic heterocycles. The highest BCUT2D eigenvalue weighted by atomic mass is 16.4. The molecule has 6 nitrogen and oxygen atoms in total. The lowest BCUT2D eigenvalue weighted by molar-refractivity contribution is -0.150. The number of nitrogens with one attached hydrogen (secondary N) is 1. The number of hydrogen-bond acceptors (Lipinski definition) is 3. The van der Waals surface area contributed by atoms with Crippen LogP contribution < -0.4 is 5.32 Å². The quantitative estimate of drug-likeness (QED) is 0.825. The molecule has 1 saturated heterocycles. The first-order valence-electron chi connectivity index (χ1n) is 8.70. The number of piperidine rings is 1. The van der Waals surface area contributed by atoms with Gasteiger partial charge in [-0.3, -0.25) is 9.59 Å². The number of rotatable bonds is 4. The van der Waals surface area contributed by atoms with Crippen LogP contribution in [0.25, 0.3) is 0 Å². The van der Waals surface area contributed by atoms with Crippen molar-refractivity contribution in [3.8, 4) is 0 Å². The van der Waals surface area contributed by atoms with Crippen molar-refractivity contribution >= 4 is 17.8 Å². The van der Waals surface area contributed by atoms with E-state index in [1.54, 1.807) is 0 Å². The van der Waals surface area contributed by atoms with Gasteiger partial charge in [-0.15, -0.1) is 0 Å². The van der Waals surface area contributed by atoms with E-state index in [4.69, 9.17) is 0 Å². The van der Waals surface area contributed by atoms with Crippen molar-refractivity contribution in [1.29, 1.82) is 0 Å². The molecule has 2 aliphatic rings. The van der Waals surface area contributed by atoms with Crippen molar-refractivity contribution in [2.75, 3.05) is 13.1 Å². The van der Waals surface area contributed by atoms with Gasteiger partial charge >= 0.3 is 5.97 Å². The predicted octanol–water partition coefficient (Wildman–Crippen LogP) is 1.78. The monoisotopic (exact) mass is 324 g/mol. The van der Waals surface area contributed by atoms with E-state index < -0.39 is 11.5 Å². The summed E-state index contributed by atoms with van der Waals surface area (Å²) in [4.78, 5) is 37.9. The molecule has 0 aromatic carbocycles. The minimum absolute atomic E-state index is 0.0297. The molecule has 6 heteroatoms. The van der Waals surface area contributed by atoms with Crippen molar-refractivity contribution in [3.63, 3.8) is 0 Å². The first-order chi connectivity index (χ1) is 10.9. The third kappa shape index (κ3) is 4.03. The smallest absolute Gasteiger partial charge is 0.329 e. The number of carboxylic acid groups (broad SMARTS) is 1. The fourth-order valence-electron chi connectivity index (χ4n) is 3.61. The standard InChI is InChI=1S/C17H28N2O4/c1-12(2)15(21)19-10-6-13(7-11-19)14(20)18-17(16(22)23)8-4-3-5-9-17/h12-13H,3-11H2,1-2H3,(H,18,20)(H,22,23). The molecule has 0 aromatic rings. The highest BCUT2D eigenvalue weighted by Crippen LogP contribution is 2.30. The third-order valence-electron chi connectivity index (χ3n) is 5.15. The Balaban J connectivity index is 1.92. The van der Waals surface area contributed by atoms with Gasteiger partial charge in [0.05, 0.1) is 0 Å². The summed E-state index contributed by atoms with van der Waals surface area (Å²) in [5.74, 6) is -1.18. The maximum atomic E-state index is 12.5. The molecule has 0 unspecified atom stereocenters. The van der Waals surface area contributed by atoms with Gasteiger partial charge in [-0.1, -0.05) is 33.1 Å². The van der Waals surface area contributed by atoms with Crippen LogP contribution in [0.5, 0.6) is 0 Å². The van der Waals surface area contributed by atoms with Crippen LogP contribution in [-0.4, -0.2) is 46.4 Å². The number of amides is 2. The Morgan fingerprint density at radius 3 is 2.13 bits per heavy atom. The van der Waals surface area contributed by atoms with Crippen molar-refractivity contribution < 1.29 is 19.5 Å². The van der Waals surface area contributed by atoms with Gasteiger partial charge in [0.2, 0.25) is 11.8 Å². The summed E-state index contributed by atoms with van der Waals surface area (Å²) < 4.78 is 0. The molecule has 1 heterocycles. The molecule has 1 saturated carbocycles. The van der Waals surface area contributed by atoms with Gasteiger partial charge in [0.15, 0.2) is 0 Å². The van der Waals surface area contributed by atoms with E-state index >= 15 is 0 Å². The van der Waals surface area contributed by atoms with E-state index in [-0.39, 0.29) is 23.7 Å². The summed E-state index contributed by atoms with van der Waals surface area (Å²) >= 11 is 0. The second-order valence-corrected chi connectivity index (χ2v) is 7.19. The van der Waals surface area contributed by atoms with Crippen LogP contribution in [0.15, 0.2) is 0 Å². The second kappa shape index (κ2) is 7.32. The summed E-state index contributed by atoms with van der Waals surface area (Å²) in [5.41, 5.74) is -1.08. The van der Waals surface area contributed by atoms with E-state index in [1.165, 1.54) is 0 Å². The Hall–Kier alpha value is -1.59. The average Bonchev–Trinajstić information content (AvgIpc) is 2.55. The maximum Gasteiger partial charge on any atom is 0.329 e. The van der Waals surface area contributed by atoms with Crippen LogP contribution in [0.4, 0.5) is 0 Å². The van der Waals surface area contributed by atoms with Gasteiger partial charge in [-0.2, -0.15) is 0 Å². The summed E-state index contributed by atoms with van der Waals surface area (Å²) in [6.07, 6.45) is 4.96. The zero-order valence-electron chi connectivity index (χ0n) is 14.1. The van der Waals surface area contributed by atoms with Crippen molar-refractivity contribution in [2.24, 2.45) is 11.8 Å². The Labute approximate surface area is 137 Å². The largest absolute Gasteiger partial charge is 0.480 e. The Morgan fingerprint density at radius 1 is 1.09 bits per heavy atom. The fourth-order valence-corrected chi connectivity index (χ4v) is 3.61. The SMILES string of the molecule is CC(C)C(=O)N1CCC(C(=O)NC2(C(=O)O)CCCCC2)CC1. The number of carbonyl (C=O) groups is 3. The summed E-state index contributed by atoms with van der Waals surface area (Å²) in [5, 5.41) is 12.4. The van der Waals surface area contributed by atoms with E-state index in [0.29, 0.717) is 38.8 Å². The molecule has 1 aliphatic heterocycles. The van der Waals surface area contributed by atoms with Gasteiger partial charge in [0.25, 0.3) is 0 Å². The van der Waals surface area contributed by atoms with Gasteiger partial charge in [-0.05, 0) is 25.7 Å². The summed E-state index contributed by atoms with van der Waals surface area (Å²) in [6.45, 7) is 4.91. The molecule has 1 aliphatic carbocycles. The number of likely N-dealkylation sites (tertiary alicyclic amines) is 1. The zero-order chi connectivity index (χ0) is 17.0. The van der Waals surface area contributed by atoms with Gasteiger partial charge in [0, 0.05) is 24.9 Å². The number of hydrogen-bond donors (Lipinski definition) is 2. The lowest BCUT2D eigenvalue weighted by Gasteiger charge is -2.37. The normalized spacial score (nSPS) is 22.0. The van der Waals surface area contributed by atoms with Crippen molar-refractivity contribution in [2.45, 2.75) is 64.3 Å². The third-order valence-corrected chi connectivity index (χ3v) is 5.15. The van der Waals surface area contributed by atoms with Crippen LogP contribution in [0.2, 0.25) is 0 Å². The average molecular weight is 324 g/mol. The molecular weight excluding hydrogens is 296 g/mol. The molecule has 0 spiro atoms. The second-order valence-electron chi connectivity index (χ2n) is 7.19. The lowest BCUT2D eigenvalue weighted by atomic mass is 9.81. The van der Waals surface area contributed by atoms with Crippen molar-refractivity contribution in [3.05, 3.63) is 0 Å². The molecule has 2 rings (SSSR count). The molecule has 0 atom stereocenters. The number of aliphatic carboxylic acids is 1. The topological polar surface area (TPSA) is 86.7 Å². The van der Waals surface area contributed by atoms with Crippen LogP contribution >= 0.6 is 0 Å². The first-order valence-corrected chi connectivity index (χ1v) is 8.70. The van der Waals surface area contributed by atoms with E-state index in [2.05, 4.69) is 5.32 Å². The van der Waals surface area contributed by atoms with Gasteiger partial charge in [-0.25, -0.2) is 4.79 Å². The number of nitrogens with zero attached hydrogens (tertiary/aromatic N) is 1. The van der Waals surface area contributed by atoms with Crippen LogP contribution in [0, 0.1) is 11.8 Å². The van der Waals surface area contributed by atoms with E-state index in [0.717, 1.165) is 19.3 Å². The minimum Gasteiger partial charge on any atom is -0.480 e. The molecule has 130 valence electrons. The lowest BCUT2D eigenvalue weighted by Crippen LogP contribution is -2.57. The van der Waals surface area contributed by atoms with Gasteiger partial charge in [0.1, 0.15) is 5.54 Å². The van der Waals surface area contributed by atoms with Crippen LogP contribution in [0.3, 0.4) is 0 Å². The van der Waals surface area contributed by atoms with Crippen molar-refractivity contribution in [1.82, 2.24) is 10.2 Å². The molecule has 0 bridgehead atoms. The predicted molar refractivity (Wildman–Crippen MR) is 85.7 cm³/mol. The Morgan fingerprint density at radius 2 is 1.65 bits per heavy atom. The maximum absolute atomic E-state index is 12.5. The number of carbonyl (C=O) groups excluding carboxylic acids is 2. The van der Waals surface area contributed by atoms with Crippen LogP contribution in [0.1, 0.15) is 58.8 Å². The minimum atomic E-state index is -1.08. The fraction of sp³-hybridized carbons (Fsp3) is 0.824. The summed E-state index contributed by atoms with van der Waals surface area (Å²) in [7, 11) is 0.